The second-order valence-corrected chi connectivity index (χ2v) is 9.10. The zero-order valence-electron chi connectivity index (χ0n) is 19.7. The standard InChI is InChI=1S/C27H25ClN6O2/c1-3-26(35)33-23-11-20-22(12-24(23)34-13-17(2)14-34)30-16-31-27(20)32-18-7-8-25(21(28)10-18)36-15-19-6-4-5-9-29-19/h3-12,16-17H,1,13-15H2,2H3,(H,33,35)(H,30,31,32). The van der Waals surface area contributed by atoms with Crippen LogP contribution in [0.4, 0.5) is 22.9 Å². The largest absolute Gasteiger partial charge is 0.486 e. The van der Waals surface area contributed by atoms with Crippen molar-refractivity contribution < 1.29 is 9.53 Å². The molecule has 4 aromatic rings. The molecule has 2 aromatic heterocycles. The van der Waals surface area contributed by atoms with Crippen LogP contribution in [0.1, 0.15) is 12.6 Å². The molecule has 0 aliphatic carbocycles. The van der Waals surface area contributed by atoms with Gasteiger partial charge < -0.3 is 20.3 Å². The predicted molar refractivity (Wildman–Crippen MR) is 143 cm³/mol. The van der Waals surface area contributed by atoms with Crippen LogP contribution in [0.15, 0.2) is 73.7 Å². The number of pyridine rings is 1. The minimum Gasteiger partial charge on any atom is -0.486 e. The number of benzene rings is 2. The fraction of sp³-hybridized carbons (Fsp3) is 0.185. The van der Waals surface area contributed by atoms with Crippen molar-refractivity contribution in [2.24, 2.45) is 5.92 Å². The van der Waals surface area contributed by atoms with Gasteiger partial charge in [0, 0.05) is 30.4 Å². The Morgan fingerprint density at radius 3 is 2.78 bits per heavy atom. The Kier molecular flexibility index (Phi) is 6.69. The van der Waals surface area contributed by atoms with Gasteiger partial charge in [0.15, 0.2) is 0 Å². The van der Waals surface area contributed by atoms with Gasteiger partial charge >= 0.3 is 0 Å². The molecule has 0 atom stereocenters. The van der Waals surface area contributed by atoms with E-state index in [1.807, 2.05) is 36.4 Å². The van der Waals surface area contributed by atoms with Crippen molar-refractivity contribution in [1.29, 1.82) is 0 Å². The van der Waals surface area contributed by atoms with Crippen molar-refractivity contribution in [3.63, 3.8) is 0 Å². The van der Waals surface area contributed by atoms with Crippen molar-refractivity contribution in [3.05, 3.63) is 84.4 Å². The minimum atomic E-state index is -0.274. The van der Waals surface area contributed by atoms with E-state index in [0.29, 0.717) is 34.8 Å². The number of amides is 1. The molecule has 36 heavy (non-hydrogen) atoms. The van der Waals surface area contributed by atoms with Gasteiger partial charge in [0.1, 0.15) is 24.5 Å². The topological polar surface area (TPSA) is 92.3 Å². The van der Waals surface area contributed by atoms with Crippen LogP contribution in [0, 0.1) is 5.92 Å². The lowest BCUT2D eigenvalue weighted by Gasteiger charge is -2.40. The van der Waals surface area contributed by atoms with Gasteiger partial charge in [-0.05, 0) is 54.5 Å². The van der Waals surface area contributed by atoms with Crippen molar-refractivity contribution >= 4 is 51.3 Å². The number of hydrogen-bond acceptors (Lipinski definition) is 7. The summed E-state index contributed by atoms with van der Waals surface area (Å²) in [7, 11) is 0. The fourth-order valence-electron chi connectivity index (χ4n) is 4.10. The van der Waals surface area contributed by atoms with Crippen LogP contribution in [-0.2, 0) is 11.4 Å². The number of aromatic nitrogens is 3. The van der Waals surface area contributed by atoms with Crippen LogP contribution in [-0.4, -0.2) is 33.9 Å². The first-order valence-electron chi connectivity index (χ1n) is 11.6. The minimum absolute atomic E-state index is 0.274. The van der Waals surface area contributed by atoms with E-state index in [4.69, 9.17) is 16.3 Å². The highest BCUT2D eigenvalue weighted by atomic mass is 35.5. The van der Waals surface area contributed by atoms with Crippen LogP contribution in [0.25, 0.3) is 10.9 Å². The van der Waals surface area contributed by atoms with Crippen LogP contribution in [0.3, 0.4) is 0 Å². The molecule has 9 heteroatoms. The SMILES string of the molecule is C=CC(=O)Nc1cc2c(Nc3ccc(OCc4ccccn4)c(Cl)c3)ncnc2cc1N1CC(C)C1. The molecule has 1 aliphatic rings. The quantitative estimate of drug-likeness (QED) is 0.305. The average Bonchev–Trinajstić information content (AvgIpc) is 2.87. The lowest BCUT2D eigenvalue weighted by Crippen LogP contribution is -2.45. The summed E-state index contributed by atoms with van der Waals surface area (Å²) in [4.78, 5) is 27.5. The molecule has 5 rings (SSSR count). The number of anilines is 4. The van der Waals surface area contributed by atoms with Crippen molar-refractivity contribution in [3.8, 4) is 5.75 Å². The van der Waals surface area contributed by atoms with Crippen molar-refractivity contribution in [2.45, 2.75) is 13.5 Å². The van der Waals surface area contributed by atoms with E-state index in [1.54, 1.807) is 18.3 Å². The Morgan fingerprint density at radius 1 is 1.19 bits per heavy atom. The number of rotatable bonds is 8. The number of carbonyl (C=O) groups is 1. The fourth-order valence-corrected chi connectivity index (χ4v) is 4.34. The molecule has 0 saturated carbocycles. The lowest BCUT2D eigenvalue weighted by molar-refractivity contribution is -0.111. The van der Waals surface area contributed by atoms with Crippen LogP contribution < -0.4 is 20.3 Å². The number of nitrogens with one attached hydrogen (secondary N) is 2. The van der Waals surface area contributed by atoms with Crippen LogP contribution >= 0.6 is 11.6 Å². The lowest BCUT2D eigenvalue weighted by atomic mass is 10.0. The molecular formula is C27H25ClN6O2. The third-order valence-corrected chi connectivity index (χ3v) is 6.19. The Labute approximate surface area is 214 Å². The van der Waals surface area contributed by atoms with Crippen molar-refractivity contribution in [2.75, 3.05) is 28.6 Å². The summed E-state index contributed by atoms with van der Waals surface area (Å²) in [6, 6.07) is 15.0. The molecule has 1 amide bonds. The summed E-state index contributed by atoms with van der Waals surface area (Å²) < 4.78 is 5.82. The van der Waals surface area contributed by atoms with Gasteiger partial charge in [0.25, 0.3) is 0 Å². The molecule has 2 N–H and O–H groups in total. The van der Waals surface area contributed by atoms with E-state index in [1.165, 1.54) is 12.4 Å². The molecule has 0 spiro atoms. The Morgan fingerprint density at radius 2 is 2.06 bits per heavy atom. The first-order chi connectivity index (χ1) is 17.5. The van der Waals surface area contributed by atoms with Gasteiger partial charge in [0.05, 0.1) is 27.6 Å². The monoisotopic (exact) mass is 500 g/mol. The molecule has 182 valence electrons. The first kappa shape index (κ1) is 23.6. The summed E-state index contributed by atoms with van der Waals surface area (Å²) in [5.41, 5.74) is 3.93. The number of nitrogens with zero attached hydrogens (tertiary/aromatic N) is 4. The zero-order chi connectivity index (χ0) is 25.1. The maximum atomic E-state index is 12.1. The average molecular weight is 501 g/mol. The number of halogens is 1. The summed E-state index contributed by atoms with van der Waals surface area (Å²) in [6.45, 7) is 7.93. The Hall–Kier alpha value is -4.17. The van der Waals surface area contributed by atoms with Crippen LogP contribution in [0.5, 0.6) is 5.75 Å². The molecule has 2 aromatic carbocycles. The van der Waals surface area contributed by atoms with Gasteiger partial charge in [-0.25, -0.2) is 9.97 Å². The van der Waals surface area contributed by atoms with Gasteiger partial charge in [-0.2, -0.15) is 0 Å². The van der Waals surface area contributed by atoms with Gasteiger partial charge in [-0.3, -0.25) is 9.78 Å². The zero-order valence-corrected chi connectivity index (χ0v) is 20.5. The Balaban J connectivity index is 1.41. The molecule has 3 heterocycles. The maximum absolute atomic E-state index is 12.1. The first-order valence-corrected chi connectivity index (χ1v) is 11.9. The number of fused-ring (bicyclic) bond motifs is 1. The predicted octanol–water partition coefficient (Wildman–Crippen LogP) is 5.58. The van der Waals surface area contributed by atoms with E-state index in [9.17, 15) is 4.79 Å². The molecular weight excluding hydrogens is 476 g/mol. The number of ether oxygens (including phenoxy) is 1. The second kappa shape index (κ2) is 10.2. The molecule has 0 bridgehead atoms. The third-order valence-electron chi connectivity index (χ3n) is 5.90. The number of carbonyl (C=O) groups excluding carboxylic acids is 1. The van der Waals surface area contributed by atoms with Crippen LogP contribution in [0.2, 0.25) is 5.02 Å². The third kappa shape index (κ3) is 5.08. The molecule has 0 unspecified atom stereocenters. The van der Waals surface area contributed by atoms with Crippen molar-refractivity contribution in [1.82, 2.24) is 15.0 Å². The van der Waals surface area contributed by atoms with E-state index < -0.39 is 0 Å². The molecule has 1 fully saturated rings. The molecule has 1 saturated heterocycles. The smallest absolute Gasteiger partial charge is 0.247 e. The summed E-state index contributed by atoms with van der Waals surface area (Å²) in [5.74, 6) is 1.48. The summed E-state index contributed by atoms with van der Waals surface area (Å²) in [5, 5.41) is 7.47. The van der Waals surface area contributed by atoms with E-state index >= 15 is 0 Å². The van der Waals surface area contributed by atoms with E-state index in [2.05, 4.69) is 44.0 Å². The highest BCUT2D eigenvalue weighted by molar-refractivity contribution is 6.32. The Bertz CT molecular complexity index is 1420. The number of hydrogen-bond donors (Lipinski definition) is 2. The second-order valence-electron chi connectivity index (χ2n) is 8.69. The van der Waals surface area contributed by atoms with Gasteiger partial charge in [-0.1, -0.05) is 31.2 Å². The molecule has 8 nitrogen and oxygen atoms in total. The summed E-state index contributed by atoms with van der Waals surface area (Å²) >= 11 is 6.49. The van der Waals surface area contributed by atoms with Gasteiger partial charge in [0.2, 0.25) is 5.91 Å². The highest BCUT2D eigenvalue weighted by Crippen LogP contribution is 2.37. The van der Waals surface area contributed by atoms with E-state index in [0.717, 1.165) is 41.1 Å². The molecule has 0 radical (unpaired) electrons. The van der Waals surface area contributed by atoms with Gasteiger partial charge in [-0.15, -0.1) is 0 Å². The van der Waals surface area contributed by atoms with E-state index in [-0.39, 0.29) is 5.91 Å². The highest BCUT2D eigenvalue weighted by Gasteiger charge is 2.26. The molecule has 1 aliphatic heterocycles. The summed E-state index contributed by atoms with van der Waals surface area (Å²) in [6.07, 6.45) is 4.49. The maximum Gasteiger partial charge on any atom is 0.247 e. The normalized spacial score (nSPS) is 13.2.